The number of nitro groups is 1. The quantitative estimate of drug-likeness (QED) is 0.165. The number of hydrogen-bond donors (Lipinski definition) is 0. The van der Waals surface area contributed by atoms with Gasteiger partial charge < -0.3 is 9.64 Å². The highest BCUT2D eigenvalue weighted by Crippen LogP contribution is 2.33. The number of non-ortho nitro benzene ring substituents is 1. The lowest BCUT2D eigenvalue weighted by Crippen LogP contribution is -2.15. The molecule has 142 valence electrons. The van der Waals surface area contributed by atoms with Gasteiger partial charge in [0.05, 0.1) is 33.6 Å². The van der Waals surface area contributed by atoms with Crippen LogP contribution in [0, 0.1) is 10.1 Å². The van der Waals surface area contributed by atoms with E-state index in [2.05, 4.69) is 14.9 Å². The summed E-state index contributed by atoms with van der Waals surface area (Å²) in [5.74, 6) is 0.775. The van der Waals surface area contributed by atoms with Crippen molar-refractivity contribution >= 4 is 38.5 Å². The minimum absolute atomic E-state index is 0.00583. The predicted octanol–water partition coefficient (Wildman–Crippen LogP) is 4.17. The van der Waals surface area contributed by atoms with Gasteiger partial charge in [0.2, 0.25) is 0 Å². The molecule has 4 aromatic rings. The molecule has 0 aliphatic rings. The second-order valence-corrected chi connectivity index (χ2v) is 6.95. The summed E-state index contributed by atoms with van der Waals surface area (Å²) in [6.07, 6.45) is 0.923. The zero-order valence-electron chi connectivity index (χ0n) is 15.8. The minimum atomic E-state index is -0.423. The highest BCUT2D eigenvalue weighted by molar-refractivity contribution is 6.08. The Morgan fingerprint density at radius 2 is 1.79 bits per heavy atom. The fourth-order valence-corrected chi connectivity index (χ4v) is 3.26. The SMILES string of the molecule is CN(C)CCCOc1cc2nc3ccc([N+](=O)[O-])cc3nc2c2ccccc12. The Morgan fingerprint density at radius 3 is 2.54 bits per heavy atom. The normalized spacial score (nSPS) is 11.5. The van der Waals surface area contributed by atoms with E-state index < -0.39 is 4.92 Å². The van der Waals surface area contributed by atoms with E-state index in [9.17, 15) is 10.1 Å². The molecule has 0 aliphatic heterocycles. The van der Waals surface area contributed by atoms with E-state index in [-0.39, 0.29) is 5.69 Å². The zero-order chi connectivity index (χ0) is 19.7. The molecule has 0 unspecified atom stereocenters. The fourth-order valence-electron chi connectivity index (χ4n) is 3.26. The topological polar surface area (TPSA) is 81.4 Å². The molecule has 7 heteroatoms. The first-order chi connectivity index (χ1) is 13.5. The van der Waals surface area contributed by atoms with Crippen molar-refractivity contribution in [3.63, 3.8) is 0 Å². The molecule has 0 fully saturated rings. The average molecular weight is 376 g/mol. The van der Waals surface area contributed by atoms with Crippen LogP contribution in [0.25, 0.3) is 32.8 Å². The molecule has 0 saturated heterocycles. The number of aromatic nitrogens is 2. The first-order valence-electron chi connectivity index (χ1n) is 9.08. The van der Waals surface area contributed by atoms with E-state index in [1.54, 1.807) is 6.07 Å². The monoisotopic (exact) mass is 376 g/mol. The molecular weight excluding hydrogens is 356 g/mol. The van der Waals surface area contributed by atoms with Gasteiger partial charge >= 0.3 is 0 Å². The summed E-state index contributed by atoms with van der Waals surface area (Å²) >= 11 is 0. The lowest BCUT2D eigenvalue weighted by molar-refractivity contribution is -0.384. The maximum absolute atomic E-state index is 11.1. The Morgan fingerprint density at radius 1 is 1.00 bits per heavy atom. The number of fused-ring (bicyclic) bond motifs is 4. The molecule has 0 saturated carbocycles. The summed E-state index contributed by atoms with van der Waals surface area (Å²) in [7, 11) is 4.08. The Kier molecular flexibility index (Phi) is 4.75. The summed E-state index contributed by atoms with van der Waals surface area (Å²) in [5.41, 5.74) is 2.55. The number of benzene rings is 3. The molecule has 3 aromatic carbocycles. The summed E-state index contributed by atoms with van der Waals surface area (Å²) in [6.45, 7) is 1.57. The molecule has 0 atom stereocenters. The van der Waals surface area contributed by atoms with Crippen LogP contribution in [0.2, 0.25) is 0 Å². The molecule has 0 bridgehead atoms. The first kappa shape index (κ1) is 18.1. The highest BCUT2D eigenvalue weighted by atomic mass is 16.6. The smallest absolute Gasteiger partial charge is 0.271 e. The molecule has 0 spiro atoms. The van der Waals surface area contributed by atoms with E-state index in [1.807, 2.05) is 44.4 Å². The van der Waals surface area contributed by atoms with Crippen molar-refractivity contribution in [1.29, 1.82) is 0 Å². The van der Waals surface area contributed by atoms with Crippen LogP contribution < -0.4 is 4.74 Å². The maximum atomic E-state index is 11.1. The number of nitro benzene ring substituents is 1. The van der Waals surface area contributed by atoms with Crippen LogP contribution in [0.1, 0.15) is 6.42 Å². The maximum Gasteiger partial charge on any atom is 0.271 e. The molecular formula is C21H20N4O3. The molecule has 1 heterocycles. The average Bonchev–Trinajstić information content (AvgIpc) is 2.69. The van der Waals surface area contributed by atoms with Crippen LogP contribution in [0.4, 0.5) is 5.69 Å². The van der Waals surface area contributed by atoms with Gasteiger partial charge in [-0.25, -0.2) is 9.97 Å². The van der Waals surface area contributed by atoms with Crippen LogP contribution in [0.5, 0.6) is 5.75 Å². The third-order valence-corrected chi connectivity index (χ3v) is 4.61. The van der Waals surface area contributed by atoms with Gasteiger partial charge in [0.25, 0.3) is 5.69 Å². The van der Waals surface area contributed by atoms with Crippen molar-refractivity contribution in [2.24, 2.45) is 0 Å². The van der Waals surface area contributed by atoms with E-state index in [0.717, 1.165) is 29.5 Å². The van der Waals surface area contributed by atoms with Crippen molar-refractivity contribution in [3.8, 4) is 5.75 Å². The second-order valence-electron chi connectivity index (χ2n) is 6.95. The van der Waals surface area contributed by atoms with Crippen LogP contribution in [0.3, 0.4) is 0 Å². The molecule has 4 rings (SSSR count). The van der Waals surface area contributed by atoms with Gasteiger partial charge in [0.15, 0.2) is 0 Å². The van der Waals surface area contributed by atoms with Crippen molar-refractivity contribution in [2.75, 3.05) is 27.2 Å². The van der Waals surface area contributed by atoms with Gasteiger partial charge in [-0.2, -0.15) is 0 Å². The van der Waals surface area contributed by atoms with E-state index in [4.69, 9.17) is 4.74 Å². The van der Waals surface area contributed by atoms with Gasteiger partial charge in [-0.05, 0) is 26.6 Å². The van der Waals surface area contributed by atoms with Crippen LogP contribution >= 0.6 is 0 Å². The van der Waals surface area contributed by atoms with Crippen molar-refractivity contribution in [1.82, 2.24) is 14.9 Å². The van der Waals surface area contributed by atoms with Crippen LogP contribution in [0.15, 0.2) is 48.5 Å². The third-order valence-electron chi connectivity index (χ3n) is 4.61. The lowest BCUT2D eigenvalue weighted by Gasteiger charge is -2.13. The van der Waals surface area contributed by atoms with Gasteiger partial charge in [-0.1, -0.05) is 24.3 Å². The van der Waals surface area contributed by atoms with Gasteiger partial charge in [-0.15, -0.1) is 0 Å². The number of nitrogens with zero attached hydrogens (tertiary/aromatic N) is 4. The van der Waals surface area contributed by atoms with E-state index in [1.165, 1.54) is 12.1 Å². The standard InChI is InChI=1S/C21H20N4O3/c1-24(2)10-5-11-28-20-13-19-21(16-7-4-3-6-15(16)20)23-18-12-14(25(26)27)8-9-17(18)22-19/h3-4,6-9,12-13H,5,10-11H2,1-2H3. The van der Waals surface area contributed by atoms with Gasteiger partial charge in [0.1, 0.15) is 5.75 Å². The summed E-state index contributed by atoms with van der Waals surface area (Å²) in [5, 5.41) is 12.9. The molecule has 0 N–H and O–H groups in total. The van der Waals surface area contributed by atoms with Crippen LogP contribution in [-0.2, 0) is 0 Å². The number of rotatable bonds is 6. The number of hydrogen-bond acceptors (Lipinski definition) is 6. The van der Waals surface area contributed by atoms with Crippen molar-refractivity contribution < 1.29 is 9.66 Å². The third kappa shape index (κ3) is 3.44. The molecule has 28 heavy (non-hydrogen) atoms. The summed E-state index contributed by atoms with van der Waals surface area (Å²) < 4.78 is 6.06. The lowest BCUT2D eigenvalue weighted by atomic mass is 10.1. The molecule has 0 radical (unpaired) electrons. The number of ether oxygens (including phenoxy) is 1. The Labute approximate surface area is 161 Å². The molecule has 1 aromatic heterocycles. The fraction of sp³-hybridized carbons (Fsp3) is 0.238. The van der Waals surface area contributed by atoms with Crippen molar-refractivity contribution in [2.45, 2.75) is 6.42 Å². The van der Waals surface area contributed by atoms with Gasteiger partial charge in [-0.3, -0.25) is 10.1 Å². The Hall–Kier alpha value is -3.32. The Bertz CT molecular complexity index is 1190. The summed E-state index contributed by atoms with van der Waals surface area (Å²) in [4.78, 5) is 22.1. The van der Waals surface area contributed by atoms with Gasteiger partial charge in [0, 0.05) is 35.5 Å². The minimum Gasteiger partial charge on any atom is -0.493 e. The second kappa shape index (κ2) is 7.36. The van der Waals surface area contributed by atoms with Crippen LogP contribution in [-0.4, -0.2) is 47.0 Å². The zero-order valence-corrected chi connectivity index (χ0v) is 15.8. The van der Waals surface area contributed by atoms with E-state index in [0.29, 0.717) is 28.7 Å². The predicted molar refractivity (Wildman–Crippen MR) is 110 cm³/mol. The first-order valence-corrected chi connectivity index (χ1v) is 9.08. The molecule has 0 aliphatic carbocycles. The highest BCUT2D eigenvalue weighted by Gasteiger charge is 2.13. The largest absolute Gasteiger partial charge is 0.493 e. The molecule has 7 nitrogen and oxygen atoms in total. The molecule has 0 amide bonds. The Balaban J connectivity index is 1.83. The van der Waals surface area contributed by atoms with Crippen molar-refractivity contribution in [3.05, 3.63) is 58.6 Å². The summed E-state index contributed by atoms with van der Waals surface area (Å²) in [6, 6.07) is 14.3. The van der Waals surface area contributed by atoms with E-state index >= 15 is 0 Å².